The normalized spacial score (nSPS) is 25.6. The Morgan fingerprint density at radius 3 is 2.48 bits per heavy atom. The number of aliphatic hydroxyl groups is 1. The van der Waals surface area contributed by atoms with Crippen LogP contribution in [0.5, 0.6) is 0 Å². The third-order valence-electron chi connectivity index (χ3n) is 5.86. The van der Waals surface area contributed by atoms with Gasteiger partial charge in [-0.05, 0) is 44.1 Å². The zero-order valence-corrected chi connectivity index (χ0v) is 15.4. The van der Waals surface area contributed by atoms with Crippen molar-refractivity contribution in [3.63, 3.8) is 0 Å². The maximum absolute atomic E-state index is 12.5. The number of likely N-dealkylation sites (tertiary alicyclic amines) is 2. The monoisotopic (exact) mass is 348 g/mol. The Hall–Kier alpha value is -1.89. The van der Waals surface area contributed by atoms with E-state index in [1.807, 2.05) is 29.8 Å². The summed E-state index contributed by atoms with van der Waals surface area (Å²) < 4.78 is 1.68. The predicted molar refractivity (Wildman–Crippen MR) is 92.7 cm³/mol. The lowest BCUT2D eigenvalue weighted by Gasteiger charge is -2.39. The fourth-order valence-electron chi connectivity index (χ4n) is 4.48. The molecule has 138 valence electrons. The average molecular weight is 348 g/mol. The van der Waals surface area contributed by atoms with Crippen LogP contribution in [0.3, 0.4) is 0 Å². The third kappa shape index (κ3) is 3.42. The second-order valence-corrected chi connectivity index (χ2v) is 8.03. The molecule has 1 aromatic heterocycles. The van der Waals surface area contributed by atoms with Gasteiger partial charge in [0.1, 0.15) is 6.54 Å². The highest BCUT2D eigenvalue weighted by atomic mass is 16.3. The van der Waals surface area contributed by atoms with Crippen molar-refractivity contribution in [1.29, 1.82) is 0 Å². The van der Waals surface area contributed by atoms with Gasteiger partial charge < -0.3 is 14.9 Å². The lowest BCUT2D eigenvalue weighted by molar-refractivity contribution is -0.136. The number of carbonyl (C=O) groups is 2. The Labute approximate surface area is 148 Å². The van der Waals surface area contributed by atoms with Crippen molar-refractivity contribution in [2.45, 2.75) is 52.1 Å². The molecule has 1 spiro atoms. The highest BCUT2D eigenvalue weighted by Gasteiger charge is 2.52. The van der Waals surface area contributed by atoms with E-state index >= 15 is 0 Å². The van der Waals surface area contributed by atoms with Crippen LogP contribution in [0.1, 0.15) is 38.7 Å². The maximum Gasteiger partial charge on any atom is 0.244 e. The summed E-state index contributed by atoms with van der Waals surface area (Å²) in [5.41, 5.74) is 0.580. The van der Waals surface area contributed by atoms with Gasteiger partial charge in [0.25, 0.3) is 0 Å². The molecular weight excluding hydrogens is 320 g/mol. The first-order chi connectivity index (χ1) is 11.8. The van der Waals surface area contributed by atoms with Crippen molar-refractivity contribution in [3.05, 3.63) is 18.0 Å². The van der Waals surface area contributed by atoms with Crippen LogP contribution in [0.25, 0.3) is 0 Å². The second kappa shape index (κ2) is 6.44. The molecule has 3 heterocycles. The van der Waals surface area contributed by atoms with Crippen molar-refractivity contribution < 1.29 is 14.7 Å². The van der Waals surface area contributed by atoms with Crippen LogP contribution in [0.4, 0.5) is 0 Å². The number of rotatable bonds is 3. The summed E-state index contributed by atoms with van der Waals surface area (Å²) in [5, 5.41) is 14.0. The molecule has 1 aromatic rings. The standard InChI is InChI=1S/C18H28N4O3/c1-14-8-19-21(9-14)10-16(25)20-6-4-18(5-7-20)11-17(3,13-23)22(12-18)15(2)24/h8-9,23H,4-7,10-13H2,1-3H3. The predicted octanol–water partition coefficient (Wildman–Crippen LogP) is 0.804. The summed E-state index contributed by atoms with van der Waals surface area (Å²) in [4.78, 5) is 28.2. The van der Waals surface area contributed by atoms with Gasteiger partial charge in [-0.1, -0.05) is 0 Å². The largest absolute Gasteiger partial charge is 0.394 e. The van der Waals surface area contributed by atoms with Crippen LogP contribution in [-0.4, -0.2) is 68.3 Å². The van der Waals surface area contributed by atoms with Crippen molar-refractivity contribution in [2.75, 3.05) is 26.2 Å². The van der Waals surface area contributed by atoms with E-state index in [9.17, 15) is 14.7 Å². The Morgan fingerprint density at radius 1 is 1.32 bits per heavy atom. The second-order valence-electron chi connectivity index (χ2n) is 8.03. The zero-order chi connectivity index (χ0) is 18.2. The average Bonchev–Trinajstić information content (AvgIpc) is 3.10. The van der Waals surface area contributed by atoms with Gasteiger partial charge in [0, 0.05) is 32.8 Å². The van der Waals surface area contributed by atoms with E-state index < -0.39 is 5.54 Å². The minimum Gasteiger partial charge on any atom is -0.394 e. The number of aryl methyl sites for hydroxylation is 1. The third-order valence-corrected chi connectivity index (χ3v) is 5.86. The number of amides is 2. The molecule has 2 aliphatic rings. The van der Waals surface area contributed by atoms with Gasteiger partial charge >= 0.3 is 0 Å². The summed E-state index contributed by atoms with van der Waals surface area (Å²) in [6.07, 6.45) is 6.17. The molecule has 0 saturated carbocycles. The summed E-state index contributed by atoms with van der Waals surface area (Å²) in [6.45, 7) is 7.82. The fraction of sp³-hybridized carbons (Fsp3) is 0.722. The van der Waals surface area contributed by atoms with Crippen molar-refractivity contribution in [3.8, 4) is 0 Å². The van der Waals surface area contributed by atoms with Gasteiger partial charge in [0.15, 0.2) is 0 Å². The number of aromatic nitrogens is 2. The SMILES string of the molecule is CC(=O)N1CC2(CCN(C(=O)Cn3cc(C)cn3)CC2)CC1(C)CO. The maximum atomic E-state index is 12.5. The molecular formula is C18H28N4O3. The molecule has 1 unspecified atom stereocenters. The summed E-state index contributed by atoms with van der Waals surface area (Å²) in [7, 11) is 0. The number of hydrogen-bond acceptors (Lipinski definition) is 4. The van der Waals surface area contributed by atoms with Crippen molar-refractivity contribution >= 4 is 11.8 Å². The Morgan fingerprint density at radius 2 is 2.00 bits per heavy atom. The molecule has 2 amide bonds. The Bertz CT molecular complexity index is 663. The molecule has 1 atom stereocenters. The molecule has 0 aliphatic carbocycles. The van der Waals surface area contributed by atoms with Crippen LogP contribution >= 0.6 is 0 Å². The van der Waals surface area contributed by atoms with Crippen LogP contribution in [0.2, 0.25) is 0 Å². The number of nitrogens with zero attached hydrogens (tertiary/aromatic N) is 4. The van der Waals surface area contributed by atoms with E-state index in [-0.39, 0.29) is 30.4 Å². The Kier molecular flexibility index (Phi) is 4.62. The summed E-state index contributed by atoms with van der Waals surface area (Å²) in [6, 6.07) is 0. The van der Waals surface area contributed by atoms with E-state index in [1.165, 1.54) is 0 Å². The molecule has 2 aliphatic heterocycles. The van der Waals surface area contributed by atoms with Gasteiger partial charge in [0.2, 0.25) is 11.8 Å². The van der Waals surface area contributed by atoms with Gasteiger partial charge in [-0.2, -0.15) is 5.10 Å². The minimum atomic E-state index is -0.482. The van der Waals surface area contributed by atoms with Crippen molar-refractivity contribution in [1.82, 2.24) is 19.6 Å². The van der Waals surface area contributed by atoms with E-state index in [1.54, 1.807) is 17.8 Å². The summed E-state index contributed by atoms with van der Waals surface area (Å²) in [5.74, 6) is 0.102. The molecule has 7 heteroatoms. The van der Waals surface area contributed by atoms with Gasteiger partial charge in [-0.15, -0.1) is 0 Å². The smallest absolute Gasteiger partial charge is 0.244 e. The van der Waals surface area contributed by atoms with E-state index in [0.29, 0.717) is 19.6 Å². The van der Waals surface area contributed by atoms with E-state index in [2.05, 4.69) is 5.10 Å². The molecule has 1 N–H and O–H groups in total. The van der Waals surface area contributed by atoms with E-state index in [4.69, 9.17) is 0 Å². The first-order valence-electron chi connectivity index (χ1n) is 8.93. The molecule has 25 heavy (non-hydrogen) atoms. The molecule has 7 nitrogen and oxygen atoms in total. The first-order valence-corrected chi connectivity index (χ1v) is 8.93. The number of carbonyl (C=O) groups excluding carboxylic acids is 2. The summed E-state index contributed by atoms with van der Waals surface area (Å²) >= 11 is 0. The first kappa shape index (κ1) is 17.9. The highest BCUT2D eigenvalue weighted by molar-refractivity contribution is 5.76. The highest BCUT2D eigenvalue weighted by Crippen LogP contribution is 2.47. The quantitative estimate of drug-likeness (QED) is 0.876. The molecule has 0 aromatic carbocycles. The fourth-order valence-corrected chi connectivity index (χ4v) is 4.48. The van der Waals surface area contributed by atoms with Gasteiger partial charge in [-0.25, -0.2) is 0 Å². The number of aliphatic hydroxyl groups excluding tert-OH is 1. The van der Waals surface area contributed by atoms with Crippen molar-refractivity contribution in [2.24, 2.45) is 5.41 Å². The zero-order valence-electron chi connectivity index (χ0n) is 15.4. The molecule has 0 bridgehead atoms. The minimum absolute atomic E-state index is 0.0148. The Balaban J connectivity index is 1.61. The van der Waals surface area contributed by atoms with Crippen LogP contribution in [0.15, 0.2) is 12.4 Å². The molecule has 0 radical (unpaired) electrons. The number of hydrogen-bond donors (Lipinski definition) is 1. The topological polar surface area (TPSA) is 78.7 Å². The molecule has 3 rings (SSSR count). The van der Waals surface area contributed by atoms with Crippen LogP contribution < -0.4 is 0 Å². The lowest BCUT2D eigenvalue weighted by Crippen LogP contribution is -2.46. The van der Waals surface area contributed by atoms with Crippen LogP contribution in [-0.2, 0) is 16.1 Å². The molecule has 2 fully saturated rings. The van der Waals surface area contributed by atoms with Gasteiger partial charge in [-0.3, -0.25) is 14.3 Å². The van der Waals surface area contributed by atoms with E-state index in [0.717, 1.165) is 24.8 Å². The van der Waals surface area contributed by atoms with Crippen LogP contribution in [0, 0.1) is 12.3 Å². The van der Waals surface area contributed by atoms with Gasteiger partial charge in [0.05, 0.1) is 18.3 Å². The molecule has 2 saturated heterocycles. The number of piperidine rings is 1. The lowest BCUT2D eigenvalue weighted by atomic mass is 9.74.